The Hall–Kier alpha value is -1.56. The van der Waals surface area contributed by atoms with Crippen molar-refractivity contribution < 1.29 is 0 Å². The maximum atomic E-state index is 2.61. The fourth-order valence-electron chi connectivity index (χ4n) is 53.5. The molecule has 8 unspecified atom stereocenters. The minimum absolute atomic E-state index is 0.228. The van der Waals surface area contributed by atoms with E-state index in [4.69, 9.17) is 0 Å². The van der Waals surface area contributed by atoms with Gasteiger partial charge in [-0.3, -0.25) is 0 Å². The van der Waals surface area contributed by atoms with Gasteiger partial charge in [-0.05, 0) is 311 Å². The van der Waals surface area contributed by atoms with Gasteiger partial charge in [0.2, 0.25) is 0 Å². The van der Waals surface area contributed by atoms with E-state index in [2.05, 4.69) is 609 Å². The molecule has 0 aromatic rings. The standard InChI is InChI=1S/C22H42.2C20H36.C19H36.C18H30.C17H30.C16H30.C14H24/c1-15(2)16(3,4)21(13)18(7,8)19(9,10)22(14,17(15,5)6)20(21,11)12;1-13-14(2)20(12)17(7,8)15(3,4)16(5,6)19(13,11)18(20,9)10;1-13-14(2)19(11)16(5,6)17(7,8)20(12,15(13,3)4)18(19,9)10;1-13(2)14(3,4)18(11)16(7,8)19(12,15(13,5)6)17(18,9)10;1-11-12(2)17(9)13(3)14(4)18(10,15(11,5)6)16(17,7)8;1-11-12(2)16(9)14(5,6)17(10,13(11,3)4)15(16,7)8;1-11(2)12(3,4)16(10)13(5,6)15(11,9)14(16,7)8;1-9-10(2)14(8)11(3,4)13(9,7)12(14,5)6/h1-14H3;2*1-12H3;1-12H3;1-10H3;1-10H3;1-10H3;1-8H3. The lowest BCUT2D eigenvalue weighted by Gasteiger charge is -2.93. The van der Waals surface area contributed by atoms with E-state index in [-0.39, 0.29) is 130 Å². The summed E-state index contributed by atoms with van der Waals surface area (Å²) in [6.07, 6.45) is 0. The maximum Gasteiger partial charge on any atom is 0.0152 e. The Labute approximate surface area is 918 Å². The molecular formula is C146H264. The molecule has 0 nitrogen and oxygen atoms in total. The third-order valence-corrected chi connectivity index (χ3v) is 75.8. The van der Waals surface area contributed by atoms with Crippen LogP contribution in [0.1, 0.15) is 609 Å². The summed E-state index contributed by atoms with van der Waals surface area (Å²) in [6, 6.07) is 0. The van der Waals surface area contributed by atoms with Crippen LogP contribution in [0.3, 0.4) is 0 Å². The molecule has 0 spiro atoms. The summed E-state index contributed by atoms with van der Waals surface area (Å²) >= 11 is 0. The summed E-state index contributed by atoms with van der Waals surface area (Å²) in [7, 11) is 0. The van der Waals surface area contributed by atoms with Crippen LogP contribution in [0.5, 0.6) is 0 Å². The minimum Gasteiger partial charge on any atom is -0.0676 e. The average Bonchev–Trinajstić information content (AvgIpc) is 0.860. The van der Waals surface area contributed by atoms with Gasteiger partial charge in [0.25, 0.3) is 0 Å². The molecule has 20 rings (SSSR count). The van der Waals surface area contributed by atoms with Crippen LogP contribution in [-0.4, -0.2) is 0 Å². The summed E-state index contributed by atoms with van der Waals surface area (Å²) < 4.78 is 0. The van der Waals surface area contributed by atoms with Crippen molar-refractivity contribution in [1.82, 2.24) is 0 Å². The van der Waals surface area contributed by atoms with Crippen molar-refractivity contribution in [2.24, 2.45) is 227 Å². The normalized spacial score (nSPS) is 45.5. The highest BCUT2D eigenvalue weighted by Crippen LogP contribution is 3.01. The minimum atomic E-state index is 0.228. The van der Waals surface area contributed by atoms with Gasteiger partial charge in [-0.1, -0.05) is 593 Å². The predicted octanol–water partition coefficient (Wildman–Crippen LogP) is 47.3. The number of hydrogen-bond donors (Lipinski definition) is 0. The van der Waals surface area contributed by atoms with E-state index in [1.165, 1.54) is 0 Å². The summed E-state index contributed by atoms with van der Waals surface area (Å²) in [6.45, 7) is 219. The molecular weight excluding hydrogens is 1750 g/mol. The molecule has 12 saturated carbocycles. The van der Waals surface area contributed by atoms with Crippen LogP contribution in [0.25, 0.3) is 0 Å². The van der Waals surface area contributed by atoms with E-state index in [0.717, 1.165) is 0 Å². The second-order valence-corrected chi connectivity index (χ2v) is 74.2. The zero-order valence-electron chi connectivity index (χ0n) is 117. The zero-order chi connectivity index (χ0) is 118. The first-order chi connectivity index (χ1) is 62.4. The topological polar surface area (TPSA) is 0 Å². The van der Waals surface area contributed by atoms with E-state index < -0.39 is 0 Å². The Morgan fingerprint density at radius 3 is 0.390 bits per heavy atom. The third kappa shape index (κ3) is 10.3. The molecule has 20 aliphatic carbocycles. The van der Waals surface area contributed by atoms with Crippen LogP contribution >= 0.6 is 0 Å². The molecule has 848 valence electrons. The Kier molecular flexibility index (Phi) is 26.5. The highest BCUT2D eigenvalue weighted by atomic mass is 15.0. The predicted molar refractivity (Wildman–Crippen MR) is 657 cm³/mol. The van der Waals surface area contributed by atoms with Crippen molar-refractivity contribution in [1.29, 1.82) is 0 Å². The van der Waals surface area contributed by atoms with E-state index >= 15 is 0 Å². The fourth-order valence-corrected chi connectivity index (χ4v) is 53.5. The molecule has 0 aromatic heterocycles. The zero-order valence-corrected chi connectivity index (χ0v) is 117. The lowest BCUT2D eigenvalue weighted by atomic mass is 9.11. The van der Waals surface area contributed by atoms with Crippen molar-refractivity contribution in [2.45, 2.75) is 609 Å². The second-order valence-electron chi connectivity index (χ2n) is 74.2. The number of fused-ring (bicyclic) bond motifs is 12. The van der Waals surface area contributed by atoms with Crippen molar-refractivity contribution >= 4 is 0 Å². The molecule has 0 aromatic carbocycles. The van der Waals surface area contributed by atoms with Crippen molar-refractivity contribution in [2.75, 3.05) is 0 Å². The highest BCUT2D eigenvalue weighted by Gasteiger charge is 2.95. The second kappa shape index (κ2) is 30.2. The van der Waals surface area contributed by atoms with E-state index in [1.807, 2.05) is 0 Å². The molecule has 12 fully saturated rings. The molecule has 20 aliphatic rings. The fraction of sp³-hybridized carbons (Fsp3) is 0.918. The average molecular weight is 2020 g/mol. The smallest absolute Gasteiger partial charge is 0.0152 e. The van der Waals surface area contributed by atoms with Crippen LogP contribution in [0.4, 0.5) is 0 Å². The molecule has 0 N–H and O–H groups in total. The van der Waals surface area contributed by atoms with Crippen LogP contribution in [0.2, 0.25) is 0 Å². The van der Waals surface area contributed by atoms with Crippen LogP contribution < -0.4 is 0 Å². The van der Waals surface area contributed by atoms with E-state index in [9.17, 15) is 0 Å². The molecule has 0 aliphatic heterocycles. The molecule has 0 amide bonds. The van der Waals surface area contributed by atoms with Gasteiger partial charge in [0.15, 0.2) is 0 Å². The molecule has 8 atom stereocenters. The largest absolute Gasteiger partial charge is 0.0676 e. The van der Waals surface area contributed by atoms with Gasteiger partial charge < -0.3 is 0 Å². The Bertz CT molecular complexity index is 5320. The maximum absolute atomic E-state index is 2.61. The van der Waals surface area contributed by atoms with Gasteiger partial charge in [0, 0.05) is 21.7 Å². The van der Waals surface area contributed by atoms with Crippen LogP contribution in [0, 0.1) is 249 Å². The Morgan fingerprint density at radius 1 is 0.0753 bits per heavy atom. The summed E-state index contributed by atoms with van der Waals surface area (Å²) in [5.74, 6) is 0. The summed E-state index contributed by atoms with van der Waals surface area (Å²) in [5.41, 5.74) is 34.1. The number of rotatable bonds is 0. The van der Waals surface area contributed by atoms with E-state index in [0.29, 0.717) is 119 Å². The molecule has 0 saturated heterocycles. The first kappa shape index (κ1) is 128. The summed E-state index contributed by atoms with van der Waals surface area (Å²) in [4.78, 5) is 0. The molecule has 0 heteroatoms. The van der Waals surface area contributed by atoms with Crippen LogP contribution in [0.15, 0.2) is 66.9 Å². The quantitative estimate of drug-likeness (QED) is 0.212. The first-order valence-electron chi connectivity index (χ1n) is 60.5. The third-order valence-electron chi connectivity index (χ3n) is 75.8. The Balaban J connectivity index is 0.000000186. The Morgan fingerprint density at radius 2 is 0.192 bits per heavy atom. The molecule has 16 bridgehead atoms. The lowest BCUT2D eigenvalue weighted by molar-refractivity contribution is -0.461. The van der Waals surface area contributed by atoms with Gasteiger partial charge in [0.05, 0.1) is 0 Å². The molecule has 146 heavy (non-hydrogen) atoms. The monoisotopic (exact) mass is 2020 g/mol. The lowest BCUT2D eigenvalue weighted by Crippen LogP contribution is -2.88. The van der Waals surface area contributed by atoms with Gasteiger partial charge in [-0.2, -0.15) is 0 Å². The number of hydrogen-bond acceptors (Lipinski definition) is 0. The summed E-state index contributed by atoms with van der Waals surface area (Å²) in [5, 5.41) is 0. The SMILES string of the molecule is CC1(C)C(C)(C)C2(C)C(C)(C)C(C)(C)C(C)(C1(C)C)C2(C)C.CC1(C)C(C)(C)C2(C)C(C)(C)C(C)(C1(C)C)C2(C)C.CC1(C)C(C)(C)C2(C)C(C)(C)C1(C)C2(C)C.CC1=C(C)C2(C)C(C)(C)C(C)(C)C(C)(C)C1(C)C2(C)C.CC1=C(C)C2(C)C(C)(C)C(C)(C)C(C)(C1(C)C)C2(C)C.CC1=C(C)C2(C)C(C)(C)C(C)(C1(C)C)C2(C)C.CC1=C(C)C2(C)C(C)(C)C1(C)C2(C)C.CC1=C(C)C2(C)C(C)=C(C)C(C)(C1(C)C)C2(C)C. The highest BCUT2D eigenvalue weighted by molar-refractivity contribution is 5.93. The molecule has 0 radical (unpaired) electrons. The first-order valence-corrected chi connectivity index (χ1v) is 60.5. The van der Waals surface area contributed by atoms with Gasteiger partial charge >= 0.3 is 0 Å². The van der Waals surface area contributed by atoms with Gasteiger partial charge in [-0.25, -0.2) is 0 Å². The van der Waals surface area contributed by atoms with Crippen LogP contribution in [-0.2, 0) is 0 Å². The number of allylic oxidation sites excluding steroid dienone is 12. The molecule has 0 heterocycles. The van der Waals surface area contributed by atoms with E-state index in [1.54, 1.807) is 66.9 Å². The van der Waals surface area contributed by atoms with Crippen molar-refractivity contribution in [3.8, 4) is 0 Å². The van der Waals surface area contributed by atoms with Crippen molar-refractivity contribution in [3.05, 3.63) is 88.5 Å². The van der Waals surface area contributed by atoms with Gasteiger partial charge in [-0.15, -0.1) is 0 Å². The van der Waals surface area contributed by atoms with Gasteiger partial charge in [0.1, 0.15) is 0 Å². The van der Waals surface area contributed by atoms with Crippen molar-refractivity contribution in [3.63, 3.8) is 0 Å².